The molecule has 0 radical (unpaired) electrons. The Bertz CT molecular complexity index is 801. The Kier molecular flexibility index (Phi) is 3.61. The predicted octanol–water partition coefficient (Wildman–Crippen LogP) is 3.21. The number of ether oxygens (including phenoxy) is 2. The molecule has 2 aromatic rings. The number of hydrogen-bond acceptors (Lipinski definition) is 7. The molecule has 2 aromatic carbocycles. The molecule has 0 bridgehead atoms. The fourth-order valence-corrected chi connectivity index (χ4v) is 2.53. The molecule has 7 heteroatoms. The van der Waals surface area contributed by atoms with Gasteiger partial charge in [0.05, 0.1) is 19.1 Å². The number of rotatable bonds is 3. The van der Waals surface area contributed by atoms with Gasteiger partial charge in [-0.25, -0.2) is 0 Å². The SMILES string of the molecule is COc1cc(N=O)c2c(c1)OC(c1ccc(O)c(O)c1)CC2=O. The van der Waals surface area contributed by atoms with E-state index in [0.29, 0.717) is 11.3 Å². The van der Waals surface area contributed by atoms with Gasteiger partial charge in [0.1, 0.15) is 23.3 Å². The van der Waals surface area contributed by atoms with Crippen molar-refractivity contribution in [1.82, 2.24) is 0 Å². The number of ketones is 1. The Morgan fingerprint density at radius 1 is 1.22 bits per heavy atom. The van der Waals surface area contributed by atoms with Crippen molar-refractivity contribution in [3.63, 3.8) is 0 Å². The maximum atomic E-state index is 12.4. The number of fused-ring (bicyclic) bond motifs is 1. The van der Waals surface area contributed by atoms with Gasteiger partial charge in [0.25, 0.3) is 0 Å². The normalized spacial score (nSPS) is 16.4. The number of methoxy groups -OCH3 is 1. The molecule has 0 saturated carbocycles. The van der Waals surface area contributed by atoms with Crippen LogP contribution in [0.5, 0.6) is 23.0 Å². The van der Waals surface area contributed by atoms with Crippen LogP contribution < -0.4 is 9.47 Å². The van der Waals surface area contributed by atoms with Crippen molar-refractivity contribution in [3.8, 4) is 23.0 Å². The summed E-state index contributed by atoms with van der Waals surface area (Å²) < 4.78 is 10.8. The van der Waals surface area contributed by atoms with E-state index in [4.69, 9.17) is 9.47 Å². The molecule has 0 spiro atoms. The average molecular weight is 315 g/mol. The van der Waals surface area contributed by atoms with E-state index in [9.17, 15) is 19.9 Å². The number of phenolic OH excluding ortho intramolecular Hbond substituents is 2. The molecule has 1 aliphatic heterocycles. The summed E-state index contributed by atoms with van der Waals surface area (Å²) in [6, 6.07) is 7.08. The van der Waals surface area contributed by atoms with Gasteiger partial charge in [0.2, 0.25) is 0 Å². The average Bonchev–Trinajstić information content (AvgIpc) is 2.55. The maximum absolute atomic E-state index is 12.4. The topological polar surface area (TPSA) is 105 Å². The summed E-state index contributed by atoms with van der Waals surface area (Å²) in [5.41, 5.74) is 0.624. The number of phenols is 2. The zero-order valence-electron chi connectivity index (χ0n) is 12.1. The van der Waals surface area contributed by atoms with Gasteiger partial charge in [0.15, 0.2) is 17.3 Å². The first-order valence-electron chi connectivity index (χ1n) is 6.80. The first-order valence-corrected chi connectivity index (χ1v) is 6.80. The number of aromatic hydroxyl groups is 2. The Balaban J connectivity index is 2.04. The lowest BCUT2D eigenvalue weighted by Crippen LogP contribution is -2.20. The molecule has 0 fully saturated rings. The van der Waals surface area contributed by atoms with Gasteiger partial charge in [-0.3, -0.25) is 4.79 Å². The van der Waals surface area contributed by atoms with E-state index in [1.54, 1.807) is 6.07 Å². The standard InChI is InChI=1S/C16H13NO6/c1-22-9-5-10(17-21)16-13(20)7-14(23-15(16)6-9)8-2-3-11(18)12(19)4-8/h2-6,14,18-19H,7H2,1H3. The monoisotopic (exact) mass is 315 g/mol. The van der Waals surface area contributed by atoms with Crippen LogP contribution in [0, 0.1) is 4.91 Å². The third kappa shape index (κ3) is 2.57. The van der Waals surface area contributed by atoms with Gasteiger partial charge in [-0.05, 0) is 22.9 Å². The van der Waals surface area contributed by atoms with Crippen LogP contribution >= 0.6 is 0 Å². The maximum Gasteiger partial charge on any atom is 0.172 e. The smallest absolute Gasteiger partial charge is 0.172 e. The molecule has 0 aromatic heterocycles. The first-order chi connectivity index (χ1) is 11.0. The molecule has 2 N–H and O–H groups in total. The van der Waals surface area contributed by atoms with Crippen molar-refractivity contribution < 1.29 is 24.5 Å². The fraction of sp³-hybridized carbons (Fsp3) is 0.188. The second kappa shape index (κ2) is 5.60. The highest BCUT2D eigenvalue weighted by Crippen LogP contribution is 2.43. The lowest BCUT2D eigenvalue weighted by Gasteiger charge is -2.26. The van der Waals surface area contributed by atoms with Crippen LogP contribution in [-0.4, -0.2) is 23.1 Å². The van der Waals surface area contributed by atoms with Crippen molar-refractivity contribution >= 4 is 11.5 Å². The lowest BCUT2D eigenvalue weighted by atomic mass is 9.95. The molecule has 1 aliphatic rings. The molecule has 0 saturated heterocycles. The molecule has 0 amide bonds. The Morgan fingerprint density at radius 3 is 2.65 bits per heavy atom. The van der Waals surface area contributed by atoms with Crippen LogP contribution in [-0.2, 0) is 0 Å². The summed E-state index contributed by atoms with van der Waals surface area (Å²) in [6.45, 7) is 0. The number of benzene rings is 2. The number of nitrogens with zero attached hydrogens (tertiary/aromatic N) is 1. The van der Waals surface area contributed by atoms with Gasteiger partial charge in [-0.1, -0.05) is 6.07 Å². The van der Waals surface area contributed by atoms with Crippen molar-refractivity contribution in [1.29, 1.82) is 0 Å². The minimum Gasteiger partial charge on any atom is -0.504 e. The fourth-order valence-electron chi connectivity index (χ4n) is 2.53. The van der Waals surface area contributed by atoms with Gasteiger partial charge < -0.3 is 19.7 Å². The number of nitroso groups, excluding NO2 is 1. The summed E-state index contributed by atoms with van der Waals surface area (Å²) in [5.74, 6) is -0.301. The number of hydrogen-bond donors (Lipinski definition) is 2. The third-order valence-electron chi connectivity index (χ3n) is 3.68. The van der Waals surface area contributed by atoms with E-state index < -0.39 is 6.10 Å². The van der Waals surface area contributed by atoms with Crippen LogP contribution in [0.15, 0.2) is 35.5 Å². The predicted molar refractivity (Wildman–Crippen MR) is 80.5 cm³/mol. The molecule has 1 atom stereocenters. The summed E-state index contributed by atoms with van der Waals surface area (Å²) in [7, 11) is 1.43. The Labute approximate surface area is 131 Å². The van der Waals surface area contributed by atoms with Gasteiger partial charge in [-0.2, -0.15) is 0 Å². The van der Waals surface area contributed by atoms with Gasteiger partial charge >= 0.3 is 0 Å². The first kappa shape index (κ1) is 14.8. The quantitative estimate of drug-likeness (QED) is 0.665. The van der Waals surface area contributed by atoms with Crippen LogP contribution in [0.3, 0.4) is 0 Å². The highest BCUT2D eigenvalue weighted by molar-refractivity contribution is 6.04. The van der Waals surface area contributed by atoms with Crippen LogP contribution in [0.1, 0.15) is 28.4 Å². The number of carbonyl (C=O) groups excluding carboxylic acids is 1. The van der Waals surface area contributed by atoms with E-state index in [0.717, 1.165) is 0 Å². The largest absolute Gasteiger partial charge is 0.504 e. The van der Waals surface area contributed by atoms with E-state index >= 15 is 0 Å². The molecular formula is C16H13NO6. The van der Waals surface area contributed by atoms with E-state index in [2.05, 4.69) is 5.18 Å². The number of carbonyl (C=O) groups is 1. The van der Waals surface area contributed by atoms with Gasteiger partial charge in [0, 0.05) is 12.1 Å². The molecule has 0 aliphatic carbocycles. The molecule has 23 heavy (non-hydrogen) atoms. The lowest BCUT2D eigenvalue weighted by molar-refractivity contribution is 0.0850. The molecule has 7 nitrogen and oxygen atoms in total. The summed E-state index contributed by atoms with van der Waals surface area (Å²) in [6.07, 6.45) is -0.653. The molecule has 1 unspecified atom stereocenters. The van der Waals surface area contributed by atoms with Crippen LogP contribution in [0.4, 0.5) is 5.69 Å². The molecule has 1 heterocycles. The van der Waals surface area contributed by atoms with Crippen molar-refractivity contribution in [2.45, 2.75) is 12.5 Å². The highest BCUT2D eigenvalue weighted by atomic mass is 16.5. The van der Waals surface area contributed by atoms with Crippen LogP contribution in [0.25, 0.3) is 0 Å². The zero-order chi connectivity index (χ0) is 16.6. The molecular weight excluding hydrogens is 302 g/mol. The highest BCUT2D eigenvalue weighted by Gasteiger charge is 2.31. The summed E-state index contributed by atoms with van der Waals surface area (Å²) in [4.78, 5) is 23.3. The van der Waals surface area contributed by atoms with Crippen molar-refractivity contribution in [3.05, 3.63) is 46.4 Å². The minimum atomic E-state index is -0.645. The number of Topliss-reactive ketones (excluding diaryl/α,β-unsaturated/α-hetero) is 1. The molecule has 118 valence electrons. The second-order valence-electron chi connectivity index (χ2n) is 5.09. The Morgan fingerprint density at radius 2 is 2.00 bits per heavy atom. The van der Waals surface area contributed by atoms with E-state index in [1.165, 1.54) is 31.4 Å². The van der Waals surface area contributed by atoms with Crippen LogP contribution in [0.2, 0.25) is 0 Å². The second-order valence-corrected chi connectivity index (χ2v) is 5.09. The zero-order valence-corrected chi connectivity index (χ0v) is 12.1. The Hall–Kier alpha value is -3.09. The van der Waals surface area contributed by atoms with Gasteiger partial charge in [-0.15, -0.1) is 4.91 Å². The summed E-state index contributed by atoms with van der Waals surface area (Å²) >= 11 is 0. The summed E-state index contributed by atoms with van der Waals surface area (Å²) in [5, 5.41) is 21.8. The third-order valence-corrected chi connectivity index (χ3v) is 3.68. The van der Waals surface area contributed by atoms with Crippen molar-refractivity contribution in [2.75, 3.05) is 7.11 Å². The minimum absolute atomic E-state index is 0.00787. The van der Waals surface area contributed by atoms with E-state index in [1.807, 2.05) is 0 Å². The van der Waals surface area contributed by atoms with E-state index in [-0.39, 0.29) is 40.7 Å². The molecule has 3 rings (SSSR count). The van der Waals surface area contributed by atoms with Crippen molar-refractivity contribution in [2.24, 2.45) is 5.18 Å².